The second-order valence-electron chi connectivity index (χ2n) is 15.5. The van der Waals surface area contributed by atoms with Crippen LogP contribution in [0.3, 0.4) is 0 Å². The van der Waals surface area contributed by atoms with Crippen molar-refractivity contribution in [3.8, 4) is 0 Å². The van der Waals surface area contributed by atoms with Gasteiger partial charge in [-0.3, -0.25) is 0 Å². The van der Waals surface area contributed by atoms with Crippen molar-refractivity contribution in [1.29, 1.82) is 0 Å². The van der Waals surface area contributed by atoms with Crippen LogP contribution in [0.4, 0.5) is 0 Å². The fourth-order valence-corrected chi connectivity index (χ4v) is 23.5. The van der Waals surface area contributed by atoms with Gasteiger partial charge < -0.3 is 0 Å². The normalized spacial score (nSPS) is 14.3. The quantitative estimate of drug-likeness (QED) is 0.0366. The van der Waals surface area contributed by atoms with Gasteiger partial charge in [-0.25, -0.2) is 0 Å². The summed E-state index contributed by atoms with van der Waals surface area (Å²) >= 11 is -2.53. The first-order valence-corrected chi connectivity index (χ1v) is 32.1. The van der Waals surface area contributed by atoms with E-state index in [4.69, 9.17) is 13.9 Å². The average molecular weight is 720 g/mol. The molecular weight excluding hydrogens is 643 g/mol. The number of rotatable bonds is 27. The molecule has 0 amide bonds. The van der Waals surface area contributed by atoms with E-state index in [0.29, 0.717) is 16.0 Å². The molecule has 0 unspecified atom stereocenters. The zero-order valence-electron chi connectivity index (χ0n) is 30.1. The summed E-state index contributed by atoms with van der Waals surface area (Å²) in [5, 5.41) is 0.316. The first kappa shape index (κ1) is 41.9. The number of hydrogen-bond acceptors (Lipinski definition) is 3. The van der Waals surface area contributed by atoms with Crippen molar-refractivity contribution in [1.82, 2.24) is 0 Å². The van der Waals surface area contributed by atoms with E-state index in [-0.39, 0.29) is 0 Å². The first-order valence-electron chi connectivity index (χ1n) is 17.7. The summed E-state index contributed by atoms with van der Waals surface area (Å²) in [6, 6.07) is 1.22. The van der Waals surface area contributed by atoms with Crippen LogP contribution in [0.15, 0.2) is 12.2 Å². The predicted octanol–water partition coefficient (Wildman–Crippen LogP) is 12.4. The van der Waals surface area contributed by atoms with Gasteiger partial charge in [0.2, 0.25) is 0 Å². The third-order valence-electron chi connectivity index (χ3n) is 9.36. The minimum atomic E-state index is -2.53. The molecule has 1 atom stereocenters. The van der Waals surface area contributed by atoms with Crippen molar-refractivity contribution in [2.75, 3.05) is 20.0 Å². The standard InChI is InChI=1S/C23H49O3Si2.3C4H9.Sn/c1-23(2,3)28(7,8)26-19-17-15-13-11-9-10-12-14-16-18-24-22-25-20-21-27(4,5)6;3*1-3-4-2;/h14,16,18H,9-13,15,17,19-22H2,1-8H3;3*1,3-4H2,2H3;/b16-14+;;;;. The molecule has 41 heavy (non-hydrogen) atoms. The van der Waals surface area contributed by atoms with Crippen LogP contribution in [0.25, 0.3) is 0 Å². The van der Waals surface area contributed by atoms with Gasteiger partial charge in [0, 0.05) is 0 Å². The zero-order valence-corrected chi connectivity index (χ0v) is 35.0. The third-order valence-corrected chi connectivity index (χ3v) is 31.6. The second-order valence-corrected chi connectivity index (χ2v) is 39.7. The minimum absolute atomic E-state index is 0.316. The van der Waals surface area contributed by atoms with Crippen LogP contribution in [0.2, 0.25) is 57.1 Å². The van der Waals surface area contributed by atoms with E-state index in [1.165, 1.54) is 103 Å². The van der Waals surface area contributed by atoms with Crippen molar-refractivity contribution >= 4 is 34.8 Å². The van der Waals surface area contributed by atoms with Crippen LogP contribution in [-0.4, -0.2) is 58.9 Å². The Bertz CT molecular complexity index is 619. The fraction of sp³-hybridized carbons (Fsp3) is 0.943. The molecule has 0 bridgehead atoms. The van der Waals surface area contributed by atoms with Gasteiger partial charge in [0.25, 0.3) is 0 Å². The molecule has 0 saturated carbocycles. The summed E-state index contributed by atoms with van der Waals surface area (Å²) in [7, 11) is -2.65. The van der Waals surface area contributed by atoms with Gasteiger partial charge in [0.05, 0.1) is 0 Å². The molecule has 3 nitrogen and oxygen atoms in total. The Morgan fingerprint density at radius 2 is 1.20 bits per heavy atom. The van der Waals surface area contributed by atoms with Gasteiger partial charge in [-0.05, 0) is 18.1 Å². The number of allylic oxidation sites excluding steroid dienone is 1. The summed E-state index contributed by atoms with van der Waals surface area (Å²) in [6.07, 6.45) is 22.2. The fourth-order valence-electron chi connectivity index (χ4n) is 5.22. The van der Waals surface area contributed by atoms with E-state index in [0.717, 1.165) is 13.2 Å². The van der Waals surface area contributed by atoms with E-state index < -0.39 is 34.8 Å². The van der Waals surface area contributed by atoms with Crippen LogP contribution < -0.4 is 0 Å². The average Bonchev–Trinajstić information content (AvgIpc) is 2.89. The van der Waals surface area contributed by atoms with E-state index in [1.54, 1.807) is 0 Å². The first-order chi connectivity index (χ1) is 19.2. The van der Waals surface area contributed by atoms with Crippen LogP contribution in [0.1, 0.15) is 125 Å². The molecule has 0 saturated heterocycles. The Labute approximate surface area is 265 Å². The SMILES string of the molecule is CCC[CH2][Sn]([CH2]CCC)([CH2]CCC)[C@H](/C=C/CCCCCCCCO[Si](C)(C)C(C)(C)C)OCOCC[Si](C)(C)C. The van der Waals surface area contributed by atoms with Crippen LogP contribution in [0, 0.1) is 0 Å². The van der Waals surface area contributed by atoms with E-state index in [2.05, 4.69) is 86.4 Å². The molecule has 0 N–H and O–H groups in total. The summed E-state index contributed by atoms with van der Waals surface area (Å²) in [6.45, 7) is 28.4. The summed E-state index contributed by atoms with van der Waals surface area (Å²) in [4.78, 5) is 0. The van der Waals surface area contributed by atoms with Crippen molar-refractivity contribution in [2.45, 2.75) is 186 Å². The Balaban J connectivity index is 4.91. The van der Waals surface area contributed by atoms with E-state index in [1.807, 2.05) is 0 Å². The monoisotopic (exact) mass is 720 g/mol. The molecular formula is C35H76O3Si2Sn. The molecule has 0 aromatic heterocycles. The van der Waals surface area contributed by atoms with Gasteiger partial charge in [0.1, 0.15) is 0 Å². The summed E-state index contributed by atoms with van der Waals surface area (Å²) < 4.78 is 24.0. The Morgan fingerprint density at radius 1 is 0.683 bits per heavy atom. The zero-order chi connectivity index (χ0) is 31.3. The molecule has 0 aliphatic heterocycles. The van der Waals surface area contributed by atoms with Gasteiger partial charge in [-0.15, -0.1) is 0 Å². The summed E-state index contributed by atoms with van der Waals surface area (Å²) in [5.74, 6) is 0. The van der Waals surface area contributed by atoms with Gasteiger partial charge in [0.15, 0.2) is 8.32 Å². The Hall–Kier alpha value is 0.852. The molecule has 0 rings (SSSR count). The molecule has 0 spiro atoms. The Morgan fingerprint density at radius 3 is 1.68 bits per heavy atom. The molecule has 0 radical (unpaired) electrons. The van der Waals surface area contributed by atoms with Gasteiger partial charge >= 0.3 is 220 Å². The van der Waals surface area contributed by atoms with E-state index in [9.17, 15) is 0 Å². The number of ether oxygens (including phenoxy) is 2. The molecule has 6 heteroatoms. The van der Waals surface area contributed by atoms with Crippen LogP contribution in [-0.2, 0) is 13.9 Å². The molecule has 0 aliphatic carbocycles. The summed E-state index contributed by atoms with van der Waals surface area (Å²) in [5.41, 5.74) is 0. The topological polar surface area (TPSA) is 27.7 Å². The van der Waals surface area contributed by atoms with Crippen LogP contribution >= 0.6 is 0 Å². The molecule has 0 aliphatic rings. The molecule has 0 fully saturated rings. The second kappa shape index (κ2) is 23.2. The van der Waals surface area contributed by atoms with Gasteiger partial charge in [-0.2, -0.15) is 0 Å². The van der Waals surface area contributed by atoms with Crippen molar-refractivity contribution in [2.24, 2.45) is 0 Å². The maximum absolute atomic E-state index is 6.73. The Kier molecular flexibility index (Phi) is 23.7. The van der Waals surface area contributed by atoms with Crippen molar-refractivity contribution < 1.29 is 13.9 Å². The third kappa shape index (κ3) is 20.5. The maximum atomic E-state index is 6.73. The van der Waals surface area contributed by atoms with E-state index >= 15 is 0 Å². The van der Waals surface area contributed by atoms with Crippen molar-refractivity contribution in [3.63, 3.8) is 0 Å². The predicted molar refractivity (Wildman–Crippen MR) is 193 cm³/mol. The van der Waals surface area contributed by atoms with Crippen LogP contribution in [0.5, 0.6) is 0 Å². The molecule has 0 heterocycles. The number of hydrogen-bond donors (Lipinski definition) is 0. The number of unbranched alkanes of at least 4 members (excludes halogenated alkanes) is 9. The molecule has 246 valence electrons. The van der Waals surface area contributed by atoms with Crippen molar-refractivity contribution in [3.05, 3.63) is 12.2 Å². The molecule has 0 aromatic carbocycles. The van der Waals surface area contributed by atoms with Gasteiger partial charge in [-0.1, -0.05) is 20.8 Å². The molecule has 0 aromatic rings.